The normalized spacial score (nSPS) is 15.2. The lowest BCUT2D eigenvalue weighted by Gasteiger charge is -2.14. The molecule has 0 bridgehead atoms. The molecule has 0 saturated carbocycles. The van der Waals surface area contributed by atoms with E-state index in [0.29, 0.717) is 33.7 Å². The van der Waals surface area contributed by atoms with Crippen LogP contribution in [0.4, 0.5) is 5.69 Å². The number of carbonyl (C=O) groups is 1. The van der Waals surface area contributed by atoms with Crippen LogP contribution in [-0.2, 0) is 11.4 Å². The number of amidine groups is 1. The third-order valence-electron chi connectivity index (χ3n) is 5.56. The number of likely N-dealkylation sites (N-methyl/N-ethyl adjacent to an activating group) is 1. The minimum absolute atomic E-state index is 0.0952. The minimum atomic E-state index is -0.0952. The average molecular weight is 625 g/mol. The van der Waals surface area contributed by atoms with Crippen LogP contribution in [0.1, 0.15) is 23.6 Å². The minimum Gasteiger partial charge on any atom is -0.497 e. The number of nitrogens with zero attached hydrogens (tertiary/aromatic N) is 3. The molecule has 0 atom stereocenters. The van der Waals surface area contributed by atoms with Gasteiger partial charge in [0.1, 0.15) is 12.4 Å². The Labute approximate surface area is 233 Å². The van der Waals surface area contributed by atoms with Crippen LogP contribution >= 0.6 is 34.4 Å². The predicted octanol–water partition coefficient (Wildman–Crippen LogP) is 6.38. The Morgan fingerprint density at radius 3 is 2.54 bits per heavy atom. The van der Waals surface area contributed by atoms with Crippen molar-refractivity contribution < 1.29 is 19.0 Å². The molecule has 0 N–H and O–H groups in total. The third-order valence-corrected chi connectivity index (χ3v) is 7.37. The molecule has 1 fully saturated rings. The number of aliphatic imine (C=N–C) groups is 1. The second-order valence-electron chi connectivity index (χ2n) is 7.84. The molecule has 1 heterocycles. The molecule has 0 radical (unpaired) electrons. The van der Waals surface area contributed by atoms with Crippen LogP contribution in [-0.4, -0.2) is 36.7 Å². The van der Waals surface area contributed by atoms with Gasteiger partial charge in [0.2, 0.25) is 0 Å². The van der Waals surface area contributed by atoms with Crippen LogP contribution in [0.15, 0.2) is 70.6 Å². The van der Waals surface area contributed by atoms with Gasteiger partial charge in [-0.15, -0.1) is 0 Å². The number of rotatable bonds is 8. The zero-order valence-corrected chi connectivity index (χ0v) is 23.5. The largest absolute Gasteiger partial charge is 0.497 e. The van der Waals surface area contributed by atoms with Crippen LogP contribution in [0.25, 0.3) is 6.08 Å². The number of halogens is 1. The SMILES string of the molecule is CCN1C(=O)/C(=C\c2cc(I)c(OCc3ccccc3C#N)c(OC)c2)SC1=Nc1ccc(OC)cc1. The summed E-state index contributed by atoms with van der Waals surface area (Å²) in [5.74, 6) is 1.78. The lowest BCUT2D eigenvalue weighted by atomic mass is 10.1. The molecule has 188 valence electrons. The maximum atomic E-state index is 13.1. The van der Waals surface area contributed by atoms with E-state index in [1.165, 1.54) is 11.8 Å². The first-order valence-electron chi connectivity index (χ1n) is 11.4. The summed E-state index contributed by atoms with van der Waals surface area (Å²) in [7, 11) is 3.19. The van der Waals surface area contributed by atoms with E-state index in [-0.39, 0.29) is 12.5 Å². The van der Waals surface area contributed by atoms with Gasteiger partial charge in [0.05, 0.1) is 40.0 Å². The van der Waals surface area contributed by atoms with Gasteiger partial charge in [-0.2, -0.15) is 5.26 Å². The van der Waals surface area contributed by atoms with E-state index in [1.807, 2.05) is 67.6 Å². The van der Waals surface area contributed by atoms with Gasteiger partial charge in [0, 0.05) is 12.1 Å². The smallest absolute Gasteiger partial charge is 0.266 e. The molecule has 0 aromatic heterocycles. The summed E-state index contributed by atoms with van der Waals surface area (Å²) in [4.78, 5) is 20.0. The monoisotopic (exact) mass is 625 g/mol. The van der Waals surface area contributed by atoms with E-state index in [9.17, 15) is 10.1 Å². The van der Waals surface area contributed by atoms with Crippen molar-refractivity contribution in [2.45, 2.75) is 13.5 Å². The van der Waals surface area contributed by atoms with Crippen LogP contribution < -0.4 is 14.2 Å². The molecule has 1 aliphatic rings. The summed E-state index contributed by atoms with van der Waals surface area (Å²) in [6.45, 7) is 2.67. The van der Waals surface area contributed by atoms with Gasteiger partial charge < -0.3 is 14.2 Å². The lowest BCUT2D eigenvalue weighted by molar-refractivity contribution is -0.122. The highest BCUT2D eigenvalue weighted by Crippen LogP contribution is 2.38. The fraction of sp³-hybridized carbons (Fsp3) is 0.179. The number of amides is 1. The first kappa shape index (κ1) is 26.6. The van der Waals surface area contributed by atoms with Gasteiger partial charge in [-0.3, -0.25) is 9.69 Å². The van der Waals surface area contributed by atoms with Gasteiger partial charge in [-0.1, -0.05) is 18.2 Å². The number of benzene rings is 3. The Kier molecular flexibility index (Phi) is 8.74. The van der Waals surface area contributed by atoms with Crippen molar-refractivity contribution >= 4 is 57.2 Å². The first-order valence-corrected chi connectivity index (χ1v) is 13.3. The number of thioether (sulfide) groups is 1. The fourth-order valence-electron chi connectivity index (χ4n) is 3.66. The van der Waals surface area contributed by atoms with Gasteiger partial charge in [0.15, 0.2) is 16.7 Å². The summed E-state index contributed by atoms with van der Waals surface area (Å²) in [5, 5.41) is 9.97. The van der Waals surface area contributed by atoms with Crippen LogP contribution in [0.3, 0.4) is 0 Å². The van der Waals surface area contributed by atoms with Gasteiger partial charge in [0.25, 0.3) is 5.91 Å². The Bertz CT molecular complexity index is 1410. The third kappa shape index (κ3) is 6.09. The molecule has 1 saturated heterocycles. The Morgan fingerprint density at radius 1 is 1.11 bits per heavy atom. The van der Waals surface area contributed by atoms with Crippen molar-refractivity contribution in [3.05, 3.63) is 85.8 Å². The quantitative estimate of drug-likeness (QED) is 0.213. The van der Waals surface area contributed by atoms with Crippen molar-refractivity contribution in [1.29, 1.82) is 5.26 Å². The van der Waals surface area contributed by atoms with Crippen LogP contribution in [0.5, 0.6) is 17.2 Å². The van der Waals surface area contributed by atoms with Crippen LogP contribution in [0, 0.1) is 14.9 Å². The number of hydrogen-bond acceptors (Lipinski definition) is 7. The molecule has 1 aliphatic heterocycles. The van der Waals surface area contributed by atoms with Crippen molar-refractivity contribution in [2.75, 3.05) is 20.8 Å². The average Bonchev–Trinajstić information content (AvgIpc) is 3.21. The number of methoxy groups -OCH3 is 2. The molecule has 1 amide bonds. The summed E-state index contributed by atoms with van der Waals surface area (Å²) in [6, 6.07) is 20.7. The fourth-order valence-corrected chi connectivity index (χ4v) is 5.50. The highest BCUT2D eigenvalue weighted by molar-refractivity contribution is 14.1. The molecule has 3 aromatic carbocycles. The van der Waals surface area contributed by atoms with Gasteiger partial charge in [-0.25, -0.2) is 4.99 Å². The molecule has 9 heteroatoms. The molecule has 37 heavy (non-hydrogen) atoms. The molecular formula is C28H24IN3O4S. The van der Waals surface area contributed by atoms with E-state index in [2.05, 4.69) is 33.7 Å². The predicted molar refractivity (Wildman–Crippen MR) is 154 cm³/mol. The lowest BCUT2D eigenvalue weighted by Crippen LogP contribution is -2.28. The Hall–Kier alpha value is -3.49. The number of nitriles is 1. The molecule has 7 nitrogen and oxygen atoms in total. The zero-order chi connectivity index (χ0) is 26.4. The van der Waals surface area contributed by atoms with Crippen molar-refractivity contribution in [2.24, 2.45) is 4.99 Å². The number of ether oxygens (including phenoxy) is 3. The summed E-state index contributed by atoms with van der Waals surface area (Å²) in [6.07, 6.45) is 1.84. The van der Waals surface area contributed by atoms with Crippen molar-refractivity contribution in [3.8, 4) is 23.3 Å². The Balaban J connectivity index is 1.59. The maximum absolute atomic E-state index is 13.1. The summed E-state index contributed by atoms with van der Waals surface area (Å²) >= 11 is 3.53. The molecular weight excluding hydrogens is 601 g/mol. The van der Waals surface area contributed by atoms with E-state index in [1.54, 1.807) is 25.2 Å². The van der Waals surface area contributed by atoms with E-state index in [4.69, 9.17) is 14.2 Å². The maximum Gasteiger partial charge on any atom is 0.266 e. The molecule has 0 spiro atoms. The molecule has 4 rings (SSSR count). The van der Waals surface area contributed by atoms with Crippen molar-refractivity contribution in [1.82, 2.24) is 4.90 Å². The highest BCUT2D eigenvalue weighted by atomic mass is 127. The van der Waals surface area contributed by atoms with E-state index >= 15 is 0 Å². The summed E-state index contributed by atoms with van der Waals surface area (Å²) in [5.41, 5.74) is 2.92. The molecule has 0 aliphatic carbocycles. The number of carbonyl (C=O) groups excluding carboxylic acids is 1. The molecule has 3 aromatic rings. The second-order valence-corrected chi connectivity index (χ2v) is 10.0. The van der Waals surface area contributed by atoms with E-state index in [0.717, 1.165) is 26.1 Å². The Morgan fingerprint density at radius 2 is 1.86 bits per heavy atom. The number of hydrogen-bond donors (Lipinski definition) is 0. The van der Waals surface area contributed by atoms with Crippen LogP contribution in [0.2, 0.25) is 0 Å². The zero-order valence-electron chi connectivity index (χ0n) is 20.5. The standard InChI is InChI=1S/C28H24IN3O4S/c1-4-32-27(33)25(37-28(32)31-21-9-11-22(34-2)12-10-21)15-18-13-23(29)26(24(14-18)35-3)36-17-20-8-6-5-7-19(20)16-30/h5-15H,4,17H2,1-3H3/b25-15+,31-28?. The first-order chi connectivity index (χ1) is 18.0. The molecule has 0 unspecified atom stereocenters. The highest BCUT2D eigenvalue weighted by Gasteiger charge is 2.32. The summed E-state index contributed by atoms with van der Waals surface area (Å²) < 4.78 is 17.7. The second kappa shape index (κ2) is 12.2. The van der Waals surface area contributed by atoms with Gasteiger partial charge in [-0.05, 0) is 95.4 Å². The van der Waals surface area contributed by atoms with Crippen molar-refractivity contribution in [3.63, 3.8) is 0 Å². The van der Waals surface area contributed by atoms with E-state index < -0.39 is 0 Å². The topological polar surface area (TPSA) is 84.2 Å². The van der Waals surface area contributed by atoms with Gasteiger partial charge >= 0.3 is 0 Å².